The minimum Gasteiger partial charge on any atom is -0.454 e. The molecule has 0 bridgehead atoms. The Morgan fingerprint density at radius 1 is 1.11 bits per heavy atom. The fraction of sp³-hybridized carbons (Fsp3) is 0.211. The molecule has 1 amide bonds. The van der Waals surface area contributed by atoms with Crippen molar-refractivity contribution in [1.29, 1.82) is 0 Å². The van der Waals surface area contributed by atoms with E-state index in [9.17, 15) is 13.2 Å². The highest BCUT2D eigenvalue weighted by molar-refractivity contribution is 7.89. The third-order valence-corrected chi connectivity index (χ3v) is 5.85. The second-order valence-electron chi connectivity index (χ2n) is 6.55. The Morgan fingerprint density at radius 2 is 1.89 bits per heavy atom. The van der Waals surface area contributed by atoms with Crippen molar-refractivity contribution in [2.45, 2.75) is 25.3 Å². The molecule has 140 valence electrons. The topological polar surface area (TPSA) is 93.7 Å². The summed E-state index contributed by atoms with van der Waals surface area (Å²) in [4.78, 5) is 12.2. The third kappa shape index (κ3) is 3.17. The normalized spacial score (nSPS) is 14.9. The molecule has 0 unspecified atom stereocenters. The van der Waals surface area contributed by atoms with Crippen LogP contribution < -0.4 is 19.5 Å². The van der Waals surface area contributed by atoms with Crippen LogP contribution in [0.25, 0.3) is 5.57 Å². The minimum absolute atomic E-state index is 0.109. The standard InChI is InChI=1S/C19H18N2O5S/c1-11(2)18-14-8-13(4-5-15(14)21-19(18)22)27(23,24)20-9-12-3-6-16-17(7-12)26-10-25-16/h3-8,20H,9-10H2,1-2H3,(H,21,22). The number of allylic oxidation sites excluding steroid dienone is 1. The molecule has 8 heteroatoms. The maximum Gasteiger partial charge on any atom is 0.256 e. The van der Waals surface area contributed by atoms with E-state index in [0.717, 1.165) is 11.1 Å². The van der Waals surface area contributed by atoms with Gasteiger partial charge in [0, 0.05) is 23.4 Å². The van der Waals surface area contributed by atoms with Gasteiger partial charge >= 0.3 is 0 Å². The van der Waals surface area contributed by atoms with Crippen molar-refractivity contribution in [3.05, 3.63) is 53.1 Å². The smallest absolute Gasteiger partial charge is 0.256 e. The lowest BCUT2D eigenvalue weighted by molar-refractivity contribution is -0.110. The van der Waals surface area contributed by atoms with Crippen molar-refractivity contribution in [2.24, 2.45) is 0 Å². The number of fused-ring (bicyclic) bond motifs is 2. The molecule has 2 heterocycles. The molecule has 0 spiro atoms. The van der Waals surface area contributed by atoms with Gasteiger partial charge in [-0.1, -0.05) is 11.6 Å². The number of rotatable bonds is 4. The average Bonchev–Trinajstić information content (AvgIpc) is 3.21. The summed E-state index contributed by atoms with van der Waals surface area (Å²) in [5.41, 5.74) is 3.31. The Balaban J connectivity index is 1.58. The molecular weight excluding hydrogens is 368 g/mol. The number of amides is 1. The Kier molecular flexibility index (Phi) is 4.16. The lowest BCUT2D eigenvalue weighted by Crippen LogP contribution is -2.23. The van der Waals surface area contributed by atoms with Gasteiger partial charge in [0.15, 0.2) is 11.5 Å². The molecule has 7 nitrogen and oxygen atoms in total. The zero-order valence-corrected chi connectivity index (χ0v) is 15.6. The fourth-order valence-electron chi connectivity index (χ4n) is 3.12. The van der Waals surface area contributed by atoms with Crippen LogP contribution in [0.2, 0.25) is 0 Å². The lowest BCUT2D eigenvalue weighted by Gasteiger charge is -2.09. The number of carbonyl (C=O) groups excluding carboxylic acids is 1. The van der Waals surface area contributed by atoms with E-state index in [1.807, 2.05) is 13.8 Å². The van der Waals surface area contributed by atoms with Crippen LogP contribution in [-0.2, 0) is 21.4 Å². The van der Waals surface area contributed by atoms with Gasteiger partial charge in [-0.2, -0.15) is 0 Å². The number of sulfonamides is 1. The summed E-state index contributed by atoms with van der Waals surface area (Å²) < 4.78 is 38.6. The summed E-state index contributed by atoms with van der Waals surface area (Å²) in [7, 11) is -3.74. The van der Waals surface area contributed by atoms with Crippen molar-refractivity contribution in [2.75, 3.05) is 12.1 Å². The first-order valence-corrected chi connectivity index (χ1v) is 9.85. The van der Waals surface area contributed by atoms with Crippen molar-refractivity contribution < 1.29 is 22.7 Å². The molecule has 27 heavy (non-hydrogen) atoms. The number of nitrogens with one attached hydrogen (secondary N) is 2. The Hall–Kier alpha value is -2.84. The molecule has 0 saturated heterocycles. The molecular formula is C19H18N2O5S. The molecule has 2 aromatic rings. The van der Waals surface area contributed by atoms with Gasteiger partial charge in [0.05, 0.1) is 4.90 Å². The molecule has 2 aliphatic heterocycles. The van der Waals surface area contributed by atoms with Crippen molar-refractivity contribution >= 4 is 27.2 Å². The SMILES string of the molecule is CC(C)=C1C(=O)Nc2ccc(S(=O)(=O)NCc3ccc4c(c3)OCO4)cc21. The van der Waals surface area contributed by atoms with Crippen LogP contribution >= 0.6 is 0 Å². The predicted octanol–water partition coefficient (Wildman–Crippen LogP) is 2.64. The van der Waals surface area contributed by atoms with Crippen LogP contribution in [0, 0.1) is 0 Å². The number of hydrogen-bond donors (Lipinski definition) is 2. The highest BCUT2D eigenvalue weighted by Gasteiger charge is 2.27. The summed E-state index contributed by atoms with van der Waals surface area (Å²) in [6.45, 7) is 3.92. The van der Waals surface area contributed by atoms with Crippen LogP contribution in [0.4, 0.5) is 5.69 Å². The average molecular weight is 386 g/mol. The molecule has 0 saturated carbocycles. The van der Waals surface area contributed by atoms with E-state index >= 15 is 0 Å². The molecule has 0 radical (unpaired) electrons. The first kappa shape index (κ1) is 17.6. The maximum absolute atomic E-state index is 12.7. The van der Waals surface area contributed by atoms with E-state index in [-0.39, 0.29) is 24.1 Å². The van der Waals surface area contributed by atoms with Gasteiger partial charge < -0.3 is 14.8 Å². The molecule has 4 rings (SSSR count). The van der Waals surface area contributed by atoms with Gasteiger partial charge in [0.2, 0.25) is 16.8 Å². The highest BCUT2D eigenvalue weighted by Crippen LogP contribution is 2.35. The molecule has 2 aliphatic rings. The van der Waals surface area contributed by atoms with Gasteiger partial charge in [-0.25, -0.2) is 13.1 Å². The van der Waals surface area contributed by atoms with Crippen LogP contribution in [0.3, 0.4) is 0 Å². The Labute approximate surface area is 157 Å². The molecule has 0 atom stereocenters. The first-order valence-electron chi connectivity index (χ1n) is 8.36. The van der Waals surface area contributed by atoms with Gasteiger partial charge in [-0.15, -0.1) is 0 Å². The summed E-state index contributed by atoms with van der Waals surface area (Å²) in [6, 6.07) is 9.89. The summed E-state index contributed by atoms with van der Waals surface area (Å²) in [5.74, 6) is 1.03. The number of hydrogen-bond acceptors (Lipinski definition) is 5. The van der Waals surface area contributed by atoms with Crippen LogP contribution in [-0.4, -0.2) is 21.1 Å². The monoisotopic (exact) mass is 386 g/mol. The fourth-order valence-corrected chi connectivity index (χ4v) is 4.17. The lowest BCUT2D eigenvalue weighted by atomic mass is 10.0. The largest absolute Gasteiger partial charge is 0.454 e. The van der Waals surface area contributed by atoms with E-state index in [4.69, 9.17) is 9.47 Å². The molecule has 2 N–H and O–H groups in total. The maximum atomic E-state index is 12.7. The highest BCUT2D eigenvalue weighted by atomic mass is 32.2. The Morgan fingerprint density at radius 3 is 2.67 bits per heavy atom. The number of ether oxygens (including phenoxy) is 2. The minimum atomic E-state index is -3.74. The van der Waals surface area contributed by atoms with E-state index in [1.165, 1.54) is 12.1 Å². The number of anilines is 1. The Bertz CT molecular complexity index is 1090. The van der Waals surface area contributed by atoms with E-state index in [2.05, 4.69) is 10.0 Å². The second-order valence-corrected chi connectivity index (χ2v) is 8.32. The van der Waals surface area contributed by atoms with Crippen LogP contribution in [0.1, 0.15) is 25.0 Å². The zero-order valence-electron chi connectivity index (χ0n) is 14.8. The van der Waals surface area contributed by atoms with E-state index in [1.54, 1.807) is 24.3 Å². The summed E-state index contributed by atoms with van der Waals surface area (Å²) in [5, 5.41) is 2.75. The van der Waals surface area contributed by atoms with Gasteiger partial charge in [0.25, 0.3) is 5.91 Å². The van der Waals surface area contributed by atoms with Crippen LogP contribution in [0.5, 0.6) is 11.5 Å². The van der Waals surface area contributed by atoms with Gasteiger partial charge in [0.1, 0.15) is 0 Å². The van der Waals surface area contributed by atoms with Gasteiger partial charge in [-0.3, -0.25) is 4.79 Å². The zero-order chi connectivity index (χ0) is 19.2. The quantitative estimate of drug-likeness (QED) is 0.788. The van der Waals surface area contributed by atoms with Crippen molar-refractivity contribution in [1.82, 2.24) is 4.72 Å². The number of carbonyl (C=O) groups is 1. The molecule has 0 aromatic heterocycles. The van der Waals surface area contributed by atoms with E-state index < -0.39 is 10.0 Å². The number of benzene rings is 2. The van der Waals surface area contributed by atoms with Crippen molar-refractivity contribution in [3.8, 4) is 11.5 Å². The molecule has 0 fully saturated rings. The van der Waals surface area contributed by atoms with Crippen LogP contribution in [0.15, 0.2) is 46.9 Å². The van der Waals surface area contributed by atoms with Crippen molar-refractivity contribution in [3.63, 3.8) is 0 Å². The first-order chi connectivity index (χ1) is 12.8. The van der Waals surface area contributed by atoms with E-state index in [0.29, 0.717) is 28.3 Å². The summed E-state index contributed by atoms with van der Waals surface area (Å²) in [6.07, 6.45) is 0. The predicted molar refractivity (Wildman–Crippen MR) is 99.9 cm³/mol. The van der Waals surface area contributed by atoms with Gasteiger partial charge in [-0.05, 0) is 49.7 Å². The molecule has 0 aliphatic carbocycles. The molecule has 2 aromatic carbocycles. The summed E-state index contributed by atoms with van der Waals surface area (Å²) >= 11 is 0. The second kappa shape index (κ2) is 6.40. The third-order valence-electron chi connectivity index (χ3n) is 4.45.